The Morgan fingerprint density at radius 3 is 2.59 bits per heavy atom. The molecule has 2 atom stereocenters. The number of aliphatic hydroxyl groups excluding tert-OH is 1. The minimum absolute atomic E-state index is 0.0367. The number of carbonyl (C=O) groups excluding carboxylic acids is 1. The van der Waals surface area contributed by atoms with Crippen LogP contribution in [0.15, 0.2) is 42.5 Å². The summed E-state index contributed by atoms with van der Waals surface area (Å²) in [4.78, 5) is 14.9. The van der Waals surface area contributed by atoms with Crippen molar-refractivity contribution < 1.29 is 14.6 Å². The second-order valence-corrected chi connectivity index (χ2v) is 9.17. The van der Waals surface area contributed by atoms with Gasteiger partial charge in [-0.15, -0.1) is 0 Å². The van der Waals surface area contributed by atoms with E-state index in [1.165, 1.54) is 24.8 Å². The Kier molecular flexibility index (Phi) is 6.68. The highest BCUT2D eigenvalue weighted by Gasteiger charge is 2.22. The average molecular weight is 435 g/mol. The molecule has 0 unspecified atom stereocenters. The fraction of sp³-hybridized carbons (Fsp3) is 0.444. The fourth-order valence-corrected chi connectivity index (χ4v) is 4.90. The Labute approximate surface area is 190 Å². The van der Waals surface area contributed by atoms with E-state index >= 15 is 0 Å². The molecule has 1 aromatic heterocycles. The lowest BCUT2D eigenvalue weighted by atomic mass is 10.0. The van der Waals surface area contributed by atoms with Crippen LogP contribution in [0.2, 0.25) is 0 Å². The van der Waals surface area contributed by atoms with Crippen LogP contribution in [0.5, 0.6) is 5.75 Å². The van der Waals surface area contributed by atoms with Gasteiger partial charge in [-0.2, -0.15) is 0 Å². The van der Waals surface area contributed by atoms with Gasteiger partial charge in [-0.05, 0) is 77.4 Å². The molecule has 5 heteroatoms. The van der Waals surface area contributed by atoms with Crippen molar-refractivity contribution in [2.24, 2.45) is 0 Å². The molecule has 0 saturated carbocycles. The molecule has 1 aliphatic heterocycles. The maximum absolute atomic E-state index is 12.5. The predicted octanol–water partition coefficient (Wildman–Crippen LogP) is 5.06. The summed E-state index contributed by atoms with van der Waals surface area (Å²) < 4.78 is 8.09. The Balaban J connectivity index is 1.57. The molecule has 0 amide bonds. The lowest BCUT2D eigenvalue weighted by Crippen LogP contribution is -2.43. The lowest BCUT2D eigenvalue weighted by Gasteiger charge is -2.34. The van der Waals surface area contributed by atoms with Crippen molar-refractivity contribution in [3.63, 3.8) is 0 Å². The number of likely N-dealkylation sites (tertiary alicyclic amines) is 1. The summed E-state index contributed by atoms with van der Waals surface area (Å²) in [6.45, 7) is 9.80. The molecule has 0 radical (unpaired) electrons. The highest BCUT2D eigenvalue weighted by atomic mass is 16.5. The number of hydrogen-bond donors (Lipinski definition) is 1. The predicted molar refractivity (Wildman–Crippen MR) is 129 cm³/mol. The van der Waals surface area contributed by atoms with Gasteiger partial charge in [0.15, 0.2) is 5.78 Å². The Hall–Kier alpha value is -2.63. The van der Waals surface area contributed by atoms with Crippen LogP contribution in [0.25, 0.3) is 16.6 Å². The van der Waals surface area contributed by atoms with Gasteiger partial charge in [-0.1, -0.05) is 24.1 Å². The molecular formula is C27H34N2O3. The summed E-state index contributed by atoms with van der Waals surface area (Å²) in [6, 6.07) is 14.7. The van der Waals surface area contributed by atoms with Crippen molar-refractivity contribution in [1.82, 2.24) is 9.47 Å². The van der Waals surface area contributed by atoms with Crippen LogP contribution in [0.1, 0.15) is 54.7 Å². The van der Waals surface area contributed by atoms with Gasteiger partial charge in [0.1, 0.15) is 18.5 Å². The van der Waals surface area contributed by atoms with Crippen LogP contribution in [-0.4, -0.2) is 52.2 Å². The summed E-state index contributed by atoms with van der Waals surface area (Å²) in [6.07, 6.45) is 3.11. The fourth-order valence-electron chi connectivity index (χ4n) is 4.90. The number of piperidine rings is 1. The third-order valence-electron chi connectivity index (χ3n) is 6.65. The smallest absolute Gasteiger partial charge is 0.162 e. The van der Waals surface area contributed by atoms with Crippen molar-refractivity contribution in [2.45, 2.75) is 59.1 Å². The van der Waals surface area contributed by atoms with Crippen molar-refractivity contribution in [1.29, 1.82) is 0 Å². The number of aliphatic hydroxyl groups is 1. The number of fused-ring (bicyclic) bond motifs is 1. The molecule has 2 heterocycles. The van der Waals surface area contributed by atoms with E-state index in [4.69, 9.17) is 4.74 Å². The van der Waals surface area contributed by atoms with E-state index in [-0.39, 0.29) is 12.4 Å². The highest BCUT2D eigenvalue weighted by molar-refractivity contribution is 6.09. The number of benzene rings is 2. The first-order valence-electron chi connectivity index (χ1n) is 11.6. The molecule has 5 nitrogen and oxygen atoms in total. The van der Waals surface area contributed by atoms with Gasteiger partial charge in [0.05, 0.1) is 5.52 Å². The van der Waals surface area contributed by atoms with E-state index in [1.807, 2.05) is 25.1 Å². The molecule has 2 aromatic carbocycles. The highest BCUT2D eigenvalue weighted by Crippen LogP contribution is 2.32. The molecule has 0 bridgehead atoms. The summed E-state index contributed by atoms with van der Waals surface area (Å²) >= 11 is 0. The van der Waals surface area contributed by atoms with Gasteiger partial charge in [0, 0.05) is 34.9 Å². The monoisotopic (exact) mass is 434 g/mol. The maximum atomic E-state index is 12.5. The van der Waals surface area contributed by atoms with E-state index in [0.29, 0.717) is 23.9 Å². The zero-order chi connectivity index (χ0) is 22.8. The van der Waals surface area contributed by atoms with Gasteiger partial charge in [-0.3, -0.25) is 9.69 Å². The van der Waals surface area contributed by atoms with Gasteiger partial charge < -0.3 is 14.4 Å². The number of ketones is 1. The summed E-state index contributed by atoms with van der Waals surface area (Å²) in [5.41, 5.74) is 4.85. The third-order valence-corrected chi connectivity index (χ3v) is 6.65. The summed E-state index contributed by atoms with van der Waals surface area (Å²) in [5, 5.41) is 11.4. The average Bonchev–Trinajstić information content (AvgIpc) is 3.06. The first-order valence-corrected chi connectivity index (χ1v) is 11.6. The van der Waals surface area contributed by atoms with Crippen molar-refractivity contribution in [3.8, 4) is 11.4 Å². The molecule has 1 saturated heterocycles. The topological polar surface area (TPSA) is 54.7 Å². The molecule has 170 valence electrons. The molecule has 1 N–H and O–H groups in total. The number of rotatable bonds is 7. The molecule has 3 aromatic rings. The minimum Gasteiger partial charge on any atom is -0.491 e. The quantitative estimate of drug-likeness (QED) is 0.528. The first kappa shape index (κ1) is 22.6. The Bertz CT molecular complexity index is 1100. The van der Waals surface area contributed by atoms with Crippen LogP contribution in [-0.2, 0) is 0 Å². The molecule has 32 heavy (non-hydrogen) atoms. The van der Waals surface area contributed by atoms with Crippen LogP contribution >= 0.6 is 0 Å². The summed E-state index contributed by atoms with van der Waals surface area (Å²) in [7, 11) is 0. The number of ether oxygens (including phenoxy) is 1. The second-order valence-electron chi connectivity index (χ2n) is 9.17. The molecule has 1 aliphatic rings. The van der Waals surface area contributed by atoms with Crippen LogP contribution in [0.4, 0.5) is 0 Å². The van der Waals surface area contributed by atoms with Crippen molar-refractivity contribution in [3.05, 3.63) is 59.3 Å². The van der Waals surface area contributed by atoms with Gasteiger partial charge in [0.25, 0.3) is 0 Å². The van der Waals surface area contributed by atoms with E-state index in [9.17, 15) is 9.90 Å². The number of Topliss-reactive ketones (excluding diaryl/α,β-unsaturated/α-hetero) is 1. The summed E-state index contributed by atoms with van der Waals surface area (Å²) in [5.74, 6) is 0.710. The zero-order valence-corrected chi connectivity index (χ0v) is 19.6. The first-order chi connectivity index (χ1) is 15.3. The van der Waals surface area contributed by atoms with E-state index in [2.05, 4.69) is 47.6 Å². The molecule has 0 aliphatic carbocycles. The standard InChI is InChI=1S/C27H34N2O3/c1-18-8-10-22(11-9-18)29-20(3)27(21(4)30)25-15-24(12-13-26(25)29)32-17-23(31)16-28-14-6-5-7-19(28)2/h8-13,15,19,23,31H,5-7,14,16-17H2,1-4H3/t19-,23-/m0/s1. The van der Waals surface area contributed by atoms with Gasteiger partial charge in [-0.25, -0.2) is 0 Å². The lowest BCUT2D eigenvalue weighted by molar-refractivity contribution is 0.0438. The molecule has 4 rings (SSSR count). The van der Waals surface area contributed by atoms with Gasteiger partial charge in [0.2, 0.25) is 0 Å². The van der Waals surface area contributed by atoms with Crippen molar-refractivity contribution in [2.75, 3.05) is 19.7 Å². The van der Waals surface area contributed by atoms with Crippen LogP contribution in [0, 0.1) is 13.8 Å². The SMILES string of the molecule is CC(=O)c1c(C)n(-c2ccc(C)cc2)c2ccc(OC[C@@H](O)CN3CCCC[C@@H]3C)cc12. The maximum Gasteiger partial charge on any atom is 0.162 e. The normalized spacial score (nSPS) is 18.1. The van der Waals surface area contributed by atoms with Crippen LogP contribution in [0.3, 0.4) is 0 Å². The zero-order valence-electron chi connectivity index (χ0n) is 19.6. The number of aromatic nitrogens is 1. The Morgan fingerprint density at radius 1 is 1.16 bits per heavy atom. The number of carbonyl (C=O) groups is 1. The Morgan fingerprint density at radius 2 is 1.91 bits per heavy atom. The van der Waals surface area contributed by atoms with Crippen molar-refractivity contribution >= 4 is 16.7 Å². The van der Waals surface area contributed by atoms with E-state index in [1.54, 1.807) is 6.92 Å². The molecular weight excluding hydrogens is 400 g/mol. The largest absolute Gasteiger partial charge is 0.491 e. The number of hydrogen-bond acceptors (Lipinski definition) is 4. The number of nitrogens with zero attached hydrogens (tertiary/aromatic N) is 2. The number of aryl methyl sites for hydroxylation is 1. The van der Waals surface area contributed by atoms with Gasteiger partial charge >= 0.3 is 0 Å². The second kappa shape index (κ2) is 9.47. The molecule has 1 fully saturated rings. The molecule has 0 spiro atoms. The van der Waals surface area contributed by atoms with E-state index in [0.717, 1.165) is 28.8 Å². The number of β-amino-alcohol motifs (C(OH)–C–C–N with tert-alkyl or cyclic N) is 1. The van der Waals surface area contributed by atoms with E-state index < -0.39 is 6.10 Å². The third kappa shape index (κ3) is 4.59. The van der Waals surface area contributed by atoms with Crippen LogP contribution < -0.4 is 4.74 Å². The minimum atomic E-state index is -0.544.